The molecular formula is C19H14BrClN6O2. The zero-order valence-corrected chi connectivity index (χ0v) is 17.4. The third-order valence-electron chi connectivity index (χ3n) is 4.22. The number of aryl methyl sites for hydroxylation is 1. The number of rotatable bonds is 4. The topological polar surface area (TPSA) is 116 Å². The Kier molecular flexibility index (Phi) is 5.08. The highest BCUT2D eigenvalue weighted by Crippen LogP contribution is 2.23. The molecule has 0 spiro atoms. The van der Waals surface area contributed by atoms with E-state index in [1.807, 2.05) is 19.1 Å². The second-order valence-corrected chi connectivity index (χ2v) is 7.54. The zero-order valence-electron chi connectivity index (χ0n) is 15.0. The Labute approximate surface area is 178 Å². The number of benzene rings is 2. The maximum Gasteiger partial charge on any atom is 0.276 e. The Bertz CT molecular complexity index is 1250. The van der Waals surface area contributed by atoms with Crippen LogP contribution in [0.3, 0.4) is 0 Å². The van der Waals surface area contributed by atoms with Crippen LogP contribution >= 0.6 is 27.5 Å². The van der Waals surface area contributed by atoms with Crippen molar-refractivity contribution in [3.05, 3.63) is 69.2 Å². The van der Waals surface area contributed by atoms with E-state index in [-0.39, 0.29) is 17.3 Å². The van der Waals surface area contributed by atoms with Gasteiger partial charge >= 0.3 is 0 Å². The molecule has 0 saturated carbocycles. The SMILES string of the molecule is Cc1ccc(Br)cc1NC(=O)c1nc[nH]c1C(=O)Nc1nc2c(Cl)cccc2[nH]1. The first-order valence-electron chi connectivity index (χ1n) is 8.49. The highest BCUT2D eigenvalue weighted by atomic mass is 79.9. The highest BCUT2D eigenvalue weighted by molar-refractivity contribution is 9.10. The fraction of sp³-hybridized carbons (Fsp3) is 0.0526. The minimum Gasteiger partial charge on any atom is -0.340 e. The van der Waals surface area contributed by atoms with Gasteiger partial charge in [-0.05, 0) is 36.8 Å². The lowest BCUT2D eigenvalue weighted by atomic mass is 10.2. The van der Waals surface area contributed by atoms with Crippen molar-refractivity contribution in [2.75, 3.05) is 10.6 Å². The zero-order chi connectivity index (χ0) is 20.5. The number of carbonyl (C=O) groups is 2. The van der Waals surface area contributed by atoms with E-state index in [4.69, 9.17) is 11.6 Å². The normalized spacial score (nSPS) is 10.9. The number of carbonyl (C=O) groups excluding carboxylic acids is 2. The number of nitrogens with one attached hydrogen (secondary N) is 4. The van der Waals surface area contributed by atoms with Crippen molar-refractivity contribution in [1.29, 1.82) is 0 Å². The Balaban J connectivity index is 1.56. The van der Waals surface area contributed by atoms with Crippen molar-refractivity contribution in [2.24, 2.45) is 0 Å². The number of aromatic amines is 2. The van der Waals surface area contributed by atoms with Crippen LogP contribution in [0.15, 0.2) is 47.2 Å². The first-order valence-corrected chi connectivity index (χ1v) is 9.66. The highest BCUT2D eigenvalue weighted by Gasteiger charge is 2.22. The van der Waals surface area contributed by atoms with Gasteiger partial charge in [0.15, 0.2) is 5.69 Å². The van der Waals surface area contributed by atoms with Gasteiger partial charge in [-0.15, -0.1) is 0 Å². The van der Waals surface area contributed by atoms with E-state index >= 15 is 0 Å². The molecule has 0 bridgehead atoms. The summed E-state index contributed by atoms with van der Waals surface area (Å²) < 4.78 is 0.821. The number of hydrogen-bond acceptors (Lipinski definition) is 4. The Morgan fingerprint density at radius 2 is 1.97 bits per heavy atom. The van der Waals surface area contributed by atoms with Crippen molar-refractivity contribution in [2.45, 2.75) is 6.92 Å². The molecule has 0 aliphatic rings. The fourth-order valence-electron chi connectivity index (χ4n) is 2.78. The van der Waals surface area contributed by atoms with Crippen molar-refractivity contribution >= 4 is 62.0 Å². The summed E-state index contributed by atoms with van der Waals surface area (Å²) in [6.45, 7) is 1.87. The predicted octanol–water partition coefficient (Wildman–Crippen LogP) is 4.51. The molecule has 0 radical (unpaired) electrons. The number of fused-ring (bicyclic) bond motifs is 1. The third-order valence-corrected chi connectivity index (χ3v) is 5.02. The number of halogens is 2. The van der Waals surface area contributed by atoms with Crippen LogP contribution in [0.2, 0.25) is 5.02 Å². The molecule has 2 heterocycles. The van der Waals surface area contributed by atoms with Crippen molar-refractivity contribution in [3.63, 3.8) is 0 Å². The number of nitrogens with zero attached hydrogens (tertiary/aromatic N) is 2. The van der Waals surface area contributed by atoms with Gasteiger partial charge in [0.25, 0.3) is 11.8 Å². The molecule has 0 aliphatic carbocycles. The average molecular weight is 474 g/mol. The number of aromatic nitrogens is 4. The van der Waals surface area contributed by atoms with Crippen molar-refractivity contribution < 1.29 is 9.59 Å². The molecule has 4 rings (SSSR count). The van der Waals surface area contributed by atoms with E-state index in [1.54, 1.807) is 24.3 Å². The van der Waals surface area contributed by atoms with Crippen LogP contribution in [0.25, 0.3) is 11.0 Å². The van der Waals surface area contributed by atoms with Crippen LogP contribution in [0.4, 0.5) is 11.6 Å². The van der Waals surface area contributed by atoms with E-state index in [2.05, 4.69) is 46.5 Å². The summed E-state index contributed by atoms with van der Waals surface area (Å²) in [6, 6.07) is 10.8. The predicted molar refractivity (Wildman–Crippen MR) is 114 cm³/mol. The van der Waals surface area contributed by atoms with E-state index in [0.29, 0.717) is 21.7 Å². The summed E-state index contributed by atoms with van der Waals surface area (Å²) >= 11 is 9.48. The largest absolute Gasteiger partial charge is 0.340 e. The molecule has 146 valence electrons. The number of H-pyrrole nitrogens is 2. The Morgan fingerprint density at radius 3 is 2.76 bits per heavy atom. The molecule has 0 atom stereocenters. The number of amides is 2. The van der Waals surface area contributed by atoms with Gasteiger partial charge in [-0.3, -0.25) is 14.9 Å². The van der Waals surface area contributed by atoms with Gasteiger partial charge in [0.2, 0.25) is 5.95 Å². The maximum absolute atomic E-state index is 12.7. The number of imidazole rings is 2. The van der Waals surface area contributed by atoms with Crippen molar-refractivity contribution in [1.82, 2.24) is 19.9 Å². The lowest BCUT2D eigenvalue weighted by Gasteiger charge is -2.08. The minimum atomic E-state index is -0.561. The first-order chi connectivity index (χ1) is 13.9. The maximum atomic E-state index is 12.7. The fourth-order valence-corrected chi connectivity index (χ4v) is 3.35. The van der Waals surface area contributed by atoms with Gasteiger partial charge in [-0.25, -0.2) is 9.97 Å². The van der Waals surface area contributed by atoms with Gasteiger partial charge < -0.3 is 15.3 Å². The second kappa shape index (κ2) is 7.69. The first kappa shape index (κ1) is 19.2. The summed E-state index contributed by atoms with van der Waals surface area (Å²) in [5, 5.41) is 5.85. The second-order valence-electron chi connectivity index (χ2n) is 6.22. The quantitative estimate of drug-likeness (QED) is 0.349. The summed E-state index contributed by atoms with van der Waals surface area (Å²) in [5.74, 6) is -0.860. The monoisotopic (exact) mass is 472 g/mol. The molecule has 2 aromatic carbocycles. The molecule has 0 aliphatic heterocycles. The van der Waals surface area contributed by atoms with Crippen LogP contribution in [-0.4, -0.2) is 31.8 Å². The average Bonchev–Trinajstić information content (AvgIpc) is 3.32. The number of hydrogen-bond donors (Lipinski definition) is 4. The molecule has 4 aromatic rings. The van der Waals surface area contributed by atoms with Gasteiger partial charge in [0.1, 0.15) is 11.2 Å². The molecule has 10 heteroatoms. The van der Waals surface area contributed by atoms with E-state index < -0.39 is 11.8 Å². The van der Waals surface area contributed by atoms with Gasteiger partial charge in [-0.1, -0.05) is 39.7 Å². The van der Waals surface area contributed by atoms with E-state index in [1.165, 1.54) is 6.33 Å². The van der Waals surface area contributed by atoms with Gasteiger partial charge in [0, 0.05) is 10.2 Å². The Morgan fingerprint density at radius 1 is 1.14 bits per heavy atom. The minimum absolute atomic E-state index is 0.0155. The molecule has 2 amide bonds. The summed E-state index contributed by atoms with van der Waals surface area (Å²) in [5.41, 5.74) is 2.70. The Hall–Kier alpha value is -3.17. The molecule has 0 unspecified atom stereocenters. The summed E-state index contributed by atoms with van der Waals surface area (Å²) in [6.07, 6.45) is 1.28. The van der Waals surface area contributed by atoms with Crippen LogP contribution in [-0.2, 0) is 0 Å². The molecule has 2 aromatic heterocycles. The molecule has 0 saturated heterocycles. The smallest absolute Gasteiger partial charge is 0.276 e. The van der Waals surface area contributed by atoms with Crippen LogP contribution < -0.4 is 10.6 Å². The van der Waals surface area contributed by atoms with Gasteiger partial charge in [-0.2, -0.15) is 0 Å². The molecular weight excluding hydrogens is 460 g/mol. The molecule has 4 N–H and O–H groups in total. The number of para-hydroxylation sites is 1. The number of anilines is 2. The lowest BCUT2D eigenvalue weighted by molar-refractivity contribution is 0.0985. The van der Waals surface area contributed by atoms with Crippen LogP contribution in [0.5, 0.6) is 0 Å². The lowest BCUT2D eigenvalue weighted by Crippen LogP contribution is -2.21. The van der Waals surface area contributed by atoms with Crippen molar-refractivity contribution in [3.8, 4) is 0 Å². The molecule has 0 fully saturated rings. The van der Waals surface area contributed by atoms with E-state index in [0.717, 1.165) is 10.0 Å². The molecule has 29 heavy (non-hydrogen) atoms. The molecule has 8 nitrogen and oxygen atoms in total. The third kappa shape index (κ3) is 3.87. The standard InChI is InChI=1S/C19H14BrClN6O2/c1-9-5-6-10(20)7-13(9)24-17(28)15-16(23-8-22-15)18(29)27-19-25-12-4-2-3-11(21)14(12)26-19/h2-8H,1H3,(H,22,23)(H,24,28)(H2,25,26,27,29). The summed E-state index contributed by atoms with van der Waals surface area (Å²) in [7, 11) is 0. The summed E-state index contributed by atoms with van der Waals surface area (Å²) in [4.78, 5) is 39.3. The van der Waals surface area contributed by atoms with Crippen LogP contribution in [0.1, 0.15) is 26.5 Å². The van der Waals surface area contributed by atoms with Gasteiger partial charge in [0.05, 0.1) is 16.9 Å². The van der Waals surface area contributed by atoms with E-state index in [9.17, 15) is 9.59 Å². The van der Waals surface area contributed by atoms with Crippen LogP contribution in [0, 0.1) is 6.92 Å².